The number of hydrogen-bond donors (Lipinski definition) is 1. The van der Waals surface area contributed by atoms with Gasteiger partial charge in [-0.1, -0.05) is 32.0 Å². The van der Waals surface area contributed by atoms with Crippen molar-refractivity contribution in [2.24, 2.45) is 0 Å². The quantitative estimate of drug-likeness (QED) is 0.913. The van der Waals surface area contributed by atoms with Gasteiger partial charge in [-0.3, -0.25) is 4.90 Å². The SMILES string of the molecule is CCC1CN(CC2COc3ccccc32)C(CC)CN1. The lowest BCUT2D eigenvalue weighted by molar-refractivity contribution is 0.113. The van der Waals surface area contributed by atoms with E-state index in [9.17, 15) is 0 Å². The second kappa shape index (κ2) is 6.15. The Morgan fingerprint density at radius 2 is 2.10 bits per heavy atom. The van der Waals surface area contributed by atoms with Crippen LogP contribution in [-0.2, 0) is 0 Å². The molecule has 3 nitrogen and oxygen atoms in total. The summed E-state index contributed by atoms with van der Waals surface area (Å²) in [5, 5.41) is 3.67. The number of piperazine rings is 1. The van der Waals surface area contributed by atoms with Crippen molar-refractivity contribution < 1.29 is 4.74 Å². The van der Waals surface area contributed by atoms with Crippen molar-refractivity contribution in [1.82, 2.24) is 10.2 Å². The smallest absolute Gasteiger partial charge is 0.122 e. The third-order valence-electron chi connectivity index (χ3n) is 4.83. The van der Waals surface area contributed by atoms with Crippen LogP contribution in [0.25, 0.3) is 0 Å². The number of benzene rings is 1. The second-order valence-electron chi connectivity index (χ2n) is 6.08. The maximum Gasteiger partial charge on any atom is 0.122 e. The summed E-state index contributed by atoms with van der Waals surface area (Å²) in [6.45, 7) is 8.85. The normalized spacial score (nSPS) is 30.0. The molecular formula is C17H26N2O. The highest BCUT2D eigenvalue weighted by atomic mass is 16.5. The maximum atomic E-state index is 5.83. The molecule has 0 radical (unpaired) electrons. The molecule has 3 heteroatoms. The van der Waals surface area contributed by atoms with Gasteiger partial charge in [0.15, 0.2) is 0 Å². The summed E-state index contributed by atoms with van der Waals surface area (Å²) in [6, 6.07) is 9.84. The second-order valence-corrected chi connectivity index (χ2v) is 6.08. The minimum Gasteiger partial charge on any atom is -0.493 e. The molecule has 0 amide bonds. The Balaban J connectivity index is 1.70. The third kappa shape index (κ3) is 2.70. The Hall–Kier alpha value is -1.06. The van der Waals surface area contributed by atoms with Gasteiger partial charge >= 0.3 is 0 Å². The van der Waals surface area contributed by atoms with Gasteiger partial charge in [-0.05, 0) is 18.9 Å². The highest BCUT2D eigenvalue weighted by molar-refractivity contribution is 5.39. The highest BCUT2D eigenvalue weighted by Crippen LogP contribution is 2.34. The fourth-order valence-electron chi connectivity index (χ4n) is 3.49. The van der Waals surface area contributed by atoms with Gasteiger partial charge in [-0.25, -0.2) is 0 Å². The molecule has 0 aromatic heterocycles. The average Bonchev–Trinajstić information content (AvgIpc) is 2.90. The Morgan fingerprint density at radius 1 is 1.25 bits per heavy atom. The number of rotatable bonds is 4. The first kappa shape index (κ1) is 13.9. The summed E-state index contributed by atoms with van der Waals surface area (Å²) in [7, 11) is 0. The standard InChI is InChI=1S/C17H26N2O/c1-3-14-11-19(15(4-2)9-18-14)10-13-12-20-17-8-6-5-7-16(13)17/h5-8,13-15,18H,3-4,9-12H2,1-2H3. The van der Waals surface area contributed by atoms with E-state index in [0.29, 0.717) is 18.0 Å². The molecule has 2 aliphatic rings. The van der Waals surface area contributed by atoms with Crippen molar-refractivity contribution in [3.8, 4) is 5.75 Å². The molecule has 0 saturated carbocycles. The van der Waals surface area contributed by atoms with Crippen LogP contribution in [0.5, 0.6) is 5.75 Å². The van der Waals surface area contributed by atoms with E-state index in [1.54, 1.807) is 0 Å². The molecule has 0 aliphatic carbocycles. The first-order valence-electron chi connectivity index (χ1n) is 8.01. The molecule has 1 saturated heterocycles. The number of ether oxygens (including phenoxy) is 1. The molecule has 3 atom stereocenters. The lowest BCUT2D eigenvalue weighted by Gasteiger charge is -2.41. The summed E-state index contributed by atoms with van der Waals surface area (Å²) >= 11 is 0. The van der Waals surface area contributed by atoms with E-state index in [1.807, 2.05) is 0 Å². The zero-order chi connectivity index (χ0) is 13.9. The molecule has 1 fully saturated rings. The van der Waals surface area contributed by atoms with Crippen molar-refractivity contribution in [2.75, 3.05) is 26.2 Å². The van der Waals surface area contributed by atoms with Gasteiger partial charge in [0.1, 0.15) is 5.75 Å². The average molecular weight is 274 g/mol. The number of nitrogens with zero attached hydrogens (tertiary/aromatic N) is 1. The minimum absolute atomic E-state index is 0.538. The molecule has 2 aliphatic heterocycles. The Bertz CT molecular complexity index is 448. The molecule has 20 heavy (non-hydrogen) atoms. The highest BCUT2D eigenvalue weighted by Gasteiger charge is 2.31. The predicted molar refractivity (Wildman–Crippen MR) is 82.4 cm³/mol. The van der Waals surface area contributed by atoms with Crippen LogP contribution >= 0.6 is 0 Å². The fraction of sp³-hybridized carbons (Fsp3) is 0.647. The van der Waals surface area contributed by atoms with Crippen LogP contribution in [0.15, 0.2) is 24.3 Å². The molecule has 3 rings (SSSR count). The van der Waals surface area contributed by atoms with E-state index in [1.165, 1.54) is 24.9 Å². The van der Waals surface area contributed by atoms with E-state index in [0.717, 1.165) is 25.4 Å². The fourth-order valence-corrected chi connectivity index (χ4v) is 3.49. The van der Waals surface area contributed by atoms with E-state index in [-0.39, 0.29) is 0 Å². The number of nitrogens with one attached hydrogen (secondary N) is 1. The van der Waals surface area contributed by atoms with E-state index in [2.05, 4.69) is 48.3 Å². The summed E-state index contributed by atoms with van der Waals surface area (Å²) in [4.78, 5) is 2.68. The van der Waals surface area contributed by atoms with Crippen LogP contribution in [0.1, 0.15) is 38.2 Å². The molecule has 1 aromatic rings. The molecule has 1 N–H and O–H groups in total. The molecule has 0 spiro atoms. The van der Waals surface area contributed by atoms with Crippen LogP contribution in [0.4, 0.5) is 0 Å². The van der Waals surface area contributed by atoms with Crippen molar-refractivity contribution in [3.05, 3.63) is 29.8 Å². The molecule has 110 valence electrons. The Kier molecular flexibility index (Phi) is 4.27. The monoisotopic (exact) mass is 274 g/mol. The van der Waals surface area contributed by atoms with Gasteiger partial charge in [0.25, 0.3) is 0 Å². The minimum atomic E-state index is 0.538. The molecular weight excluding hydrogens is 248 g/mol. The van der Waals surface area contributed by atoms with Crippen LogP contribution < -0.4 is 10.1 Å². The maximum absolute atomic E-state index is 5.83. The first-order valence-corrected chi connectivity index (χ1v) is 8.01. The zero-order valence-electron chi connectivity index (χ0n) is 12.6. The first-order chi connectivity index (χ1) is 9.81. The summed E-state index contributed by atoms with van der Waals surface area (Å²) in [5.74, 6) is 1.63. The topological polar surface area (TPSA) is 24.5 Å². The number of para-hydroxylation sites is 1. The summed E-state index contributed by atoms with van der Waals surface area (Å²) < 4.78 is 5.83. The largest absolute Gasteiger partial charge is 0.493 e. The lowest BCUT2D eigenvalue weighted by atomic mass is 9.97. The number of fused-ring (bicyclic) bond motifs is 1. The van der Waals surface area contributed by atoms with Gasteiger partial charge in [-0.2, -0.15) is 0 Å². The Labute approximate surface area is 122 Å². The van der Waals surface area contributed by atoms with Crippen LogP contribution in [0.2, 0.25) is 0 Å². The predicted octanol–water partition coefficient (Wildman–Crippen LogP) is 2.62. The lowest BCUT2D eigenvalue weighted by Crippen LogP contribution is -2.56. The van der Waals surface area contributed by atoms with Crippen LogP contribution in [-0.4, -0.2) is 43.2 Å². The Morgan fingerprint density at radius 3 is 2.90 bits per heavy atom. The molecule has 0 bridgehead atoms. The van der Waals surface area contributed by atoms with E-state index < -0.39 is 0 Å². The third-order valence-corrected chi connectivity index (χ3v) is 4.83. The van der Waals surface area contributed by atoms with Gasteiger partial charge in [0, 0.05) is 43.2 Å². The number of hydrogen-bond acceptors (Lipinski definition) is 3. The van der Waals surface area contributed by atoms with Crippen molar-refractivity contribution in [1.29, 1.82) is 0 Å². The summed E-state index contributed by atoms with van der Waals surface area (Å²) in [5.41, 5.74) is 1.40. The summed E-state index contributed by atoms with van der Waals surface area (Å²) in [6.07, 6.45) is 2.43. The van der Waals surface area contributed by atoms with E-state index >= 15 is 0 Å². The van der Waals surface area contributed by atoms with Gasteiger partial charge in [0.2, 0.25) is 0 Å². The van der Waals surface area contributed by atoms with E-state index in [4.69, 9.17) is 4.74 Å². The van der Waals surface area contributed by atoms with Crippen molar-refractivity contribution in [3.63, 3.8) is 0 Å². The van der Waals surface area contributed by atoms with Crippen molar-refractivity contribution in [2.45, 2.75) is 44.7 Å². The zero-order valence-corrected chi connectivity index (χ0v) is 12.6. The van der Waals surface area contributed by atoms with Gasteiger partial charge < -0.3 is 10.1 Å². The van der Waals surface area contributed by atoms with Gasteiger partial charge in [0.05, 0.1) is 6.61 Å². The molecule has 2 heterocycles. The van der Waals surface area contributed by atoms with Crippen LogP contribution in [0.3, 0.4) is 0 Å². The molecule has 1 aromatic carbocycles. The van der Waals surface area contributed by atoms with Gasteiger partial charge in [-0.15, -0.1) is 0 Å². The van der Waals surface area contributed by atoms with Crippen molar-refractivity contribution >= 4 is 0 Å². The van der Waals surface area contributed by atoms with Crippen LogP contribution in [0, 0.1) is 0 Å². The molecule has 3 unspecified atom stereocenters.